The Morgan fingerprint density at radius 3 is 2.41 bits per heavy atom. The molecule has 0 spiro atoms. The van der Waals surface area contributed by atoms with Crippen LogP contribution in [0.4, 0.5) is 5.82 Å². The van der Waals surface area contributed by atoms with Crippen LogP contribution >= 0.6 is 22.6 Å². The van der Waals surface area contributed by atoms with E-state index in [1.807, 2.05) is 36.4 Å². The maximum Gasteiger partial charge on any atom is 0.268 e. The average molecular weight is 498 g/mol. The molecule has 8 heteroatoms. The van der Waals surface area contributed by atoms with Crippen LogP contribution in [0.5, 0.6) is 11.5 Å². The molecule has 0 fully saturated rings. The normalized spacial score (nSPS) is 10.1. The van der Waals surface area contributed by atoms with Crippen molar-refractivity contribution >= 4 is 28.4 Å². The molecule has 0 bridgehead atoms. The average Bonchev–Trinajstić information content (AvgIpc) is 2.72. The molecule has 0 radical (unpaired) electrons. The summed E-state index contributed by atoms with van der Waals surface area (Å²) in [7, 11) is 1.54. The summed E-state index contributed by atoms with van der Waals surface area (Å²) in [4.78, 5) is 14.5. The van der Waals surface area contributed by atoms with Crippen LogP contribution < -0.4 is 20.8 Å². The van der Waals surface area contributed by atoms with Gasteiger partial charge in [0.25, 0.3) is 5.56 Å². The number of halogens is 1. The number of nitrogen functional groups attached to an aromatic ring is 1. The van der Waals surface area contributed by atoms with Gasteiger partial charge in [0.2, 0.25) is 0 Å². The minimum Gasteiger partial charge on any atom is -0.496 e. The molecule has 0 aliphatic carbocycles. The fraction of sp³-hybridized carbons (Fsp3) is 0.0952. The molecule has 0 saturated heterocycles. The first kappa shape index (κ1) is 20.2. The lowest BCUT2D eigenvalue weighted by molar-refractivity contribution is 0.296. The number of hydrogen-bond donors (Lipinski definition) is 2. The number of aromatic nitrogens is 1. The highest BCUT2D eigenvalue weighted by molar-refractivity contribution is 14.1. The van der Waals surface area contributed by atoms with E-state index in [0.717, 1.165) is 3.57 Å². The maximum absolute atomic E-state index is 12.2. The van der Waals surface area contributed by atoms with Crippen molar-refractivity contribution in [2.45, 2.75) is 6.61 Å². The van der Waals surface area contributed by atoms with Crippen molar-refractivity contribution in [3.63, 3.8) is 0 Å². The van der Waals surface area contributed by atoms with Gasteiger partial charge in [0.1, 0.15) is 47.2 Å². The van der Waals surface area contributed by atoms with Crippen molar-refractivity contribution in [2.24, 2.45) is 0 Å². The van der Waals surface area contributed by atoms with E-state index >= 15 is 0 Å². The number of aromatic amines is 1. The van der Waals surface area contributed by atoms with Gasteiger partial charge < -0.3 is 20.2 Å². The van der Waals surface area contributed by atoms with Crippen molar-refractivity contribution in [3.05, 3.63) is 73.1 Å². The number of methoxy groups -OCH3 is 1. The molecular weight excluding hydrogens is 483 g/mol. The number of pyridine rings is 1. The molecule has 0 atom stereocenters. The third-order valence-corrected chi connectivity index (χ3v) is 4.96. The molecule has 7 nitrogen and oxygen atoms in total. The number of hydrogen-bond acceptors (Lipinski definition) is 6. The monoisotopic (exact) mass is 498 g/mol. The Balaban J connectivity index is 2.08. The van der Waals surface area contributed by atoms with Crippen molar-refractivity contribution < 1.29 is 9.47 Å². The molecule has 0 amide bonds. The highest BCUT2D eigenvalue weighted by atomic mass is 127. The van der Waals surface area contributed by atoms with Gasteiger partial charge in [0.05, 0.1) is 7.11 Å². The molecular formula is C21H15IN4O3. The second kappa shape index (κ2) is 8.67. The number of rotatable bonds is 5. The zero-order valence-corrected chi connectivity index (χ0v) is 17.5. The summed E-state index contributed by atoms with van der Waals surface area (Å²) in [5, 5.41) is 19.0. The number of nitriles is 2. The predicted octanol–water partition coefficient (Wildman–Crippen LogP) is 3.56. The number of benzene rings is 2. The van der Waals surface area contributed by atoms with E-state index in [9.17, 15) is 15.3 Å². The fourth-order valence-electron chi connectivity index (χ4n) is 2.87. The number of nitrogens with zero attached hydrogens (tertiary/aromatic N) is 2. The van der Waals surface area contributed by atoms with Gasteiger partial charge in [0.15, 0.2) is 0 Å². The lowest BCUT2D eigenvalue weighted by atomic mass is 9.95. The lowest BCUT2D eigenvalue weighted by Gasteiger charge is -2.14. The first-order chi connectivity index (χ1) is 14.0. The van der Waals surface area contributed by atoms with Crippen molar-refractivity contribution in [2.75, 3.05) is 12.8 Å². The summed E-state index contributed by atoms with van der Waals surface area (Å²) in [5.74, 6) is 1.18. The van der Waals surface area contributed by atoms with Crippen LogP contribution in [0.1, 0.15) is 16.7 Å². The van der Waals surface area contributed by atoms with Crippen molar-refractivity contribution in [1.29, 1.82) is 10.5 Å². The summed E-state index contributed by atoms with van der Waals surface area (Å²) in [5.41, 5.74) is 6.39. The van der Waals surface area contributed by atoms with E-state index < -0.39 is 5.56 Å². The van der Waals surface area contributed by atoms with Crippen LogP contribution in [-0.4, -0.2) is 12.1 Å². The fourth-order valence-corrected chi connectivity index (χ4v) is 3.23. The van der Waals surface area contributed by atoms with Gasteiger partial charge in [-0.1, -0.05) is 6.07 Å². The predicted molar refractivity (Wildman–Crippen MR) is 116 cm³/mol. The van der Waals surface area contributed by atoms with Crippen LogP contribution in [0, 0.1) is 26.2 Å². The van der Waals surface area contributed by atoms with E-state index in [1.165, 1.54) is 7.11 Å². The van der Waals surface area contributed by atoms with Crippen LogP contribution in [-0.2, 0) is 6.61 Å². The summed E-state index contributed by atoms with van der Waals surface area (Å²) in [6.07, 6.45) is 0. The zero-order chi connectivity index (χ0) is 21.0. The van der Waals surface area contributed by atoms with Gasteiger partial charge in [-0.3, -0.25) is 4.79 Å². The lowest BCUT2D eigenvalue weighted by Crippen LogP contribution is -2.16. The van der Waals surface area contributed by atoms with Crippen LogP contribution in [0.3, 0.4) is 0 Å². The Kier molecular flexibility index (Phi) is 6.05. The number of anilines is 1. The van der Waals surface area contributed by atoms with Crippen molar-refractivity contribution in [3.8, 4) is 34.8 Å². The highest BCUT2D eigenvalue weighted by Crippen LogP contribution is 2.32. The highest BCUT2D eigenvalue weighted by Gasteiger charge is 2.19. The molecule has 0 aliphatic rings. The van der Waals surface area contributed by atoms with E-state index in [2.05, 4.69) is 27.6 Å². The SMILES string of the molecule is COc1ccc(-c2c(C#N)c(N)[nH]c(=O)c2C#N)cc1COc1ccc(I)cc1. The topological polar surface area (TPSA) is 125 Å². The van der Waals surface area contributed by atoms with Gasteiger partial charge in [-0.05, 0) is 64.6 Å². The molecule has 3 rings (SSSR count). The van der Waals surface area contributed by atoms with Gasteiger partial charge >= 0.3 is 0 Å². The van der Waals surface area contributed by atoms with E-state index in [-0.39, 0.29) is 29.1 Å². The van der Waals surface area contributed by atoms with Gasteiger partial charge in [-0.2, -0.15) is 10.5 Å². The van der Waals surface area contributed by atoms with Gasteiger partial charge in [-0.25, -0.2) is 0 Å². The van der Waals surface area contributed by atoms with E-state index in [1.54, 1.807) is 18.2 Å². The number of nitrogens with one attached hydrogen (secondary N) is 1. The van der Waals surface area contributed by atoms with E-state index in [0.29, 0.717) is 22.6 Å². The summed E-state index contributed by atoms with van der Waals surface area (Å²) >= 11 is 2.21. The molecule has 0 aliphatic heterocycles. The Hall–Kier alpha value is -3.50. The summed E-state index contributed by atoms with van der Waals surface area (Å²) in [6.45, 7) is 0.194. The van der Waals surface area contributed by atoms with Crippen LogP contribution in [0.2, 0.25) is 0 Å². The molecule has 3 aromatic rings. The van der Waals surface area contributed by atoms with Crippen LogP contribution in [0.15, 0.2) is 47.3 Å². The Morgan fingerprint density at radius 1 is 1.10 bits per heavy atom. The second-order valence-corrected chi connectivity index (χ2v) is 7.23. The first-order valence-corrected chi connectivity index (χ1v) is 9.48. The Bertz CT molecular complexity index is 1200. The van der Waals surface area contributed by atoms with Crippen LogP contribution in [0.25, 0.3) is 11.1 Å². The third kappa shape index (κ3) is 4.18. The molecule has 0 unspecified atom stereocenters. The molecule has 1 heterocycles. The standard InChI is InChI=1S/C21H15IN4O3/c1-28-18-7-2-12(8-13(18)11-29-15-5-3-14(22)4-6-15)19-16(9-23)20(25)26-21(27)17(19)10-24/h2-8H,11H2,1H3,(H3,25,26,27). The first-order valence-electron chi connectivity index (χ1n) is 8.40. The van der Waals surface area contributed by atoms with Gasteiger partial charge in [0, 0.05) is 14.7 Å². The Morgan fingerprint density at radius 2 is 1.79 bits per heavy atom. The Labute approximate surface area is 180 Å². The summed E-state index contributed by atoms with van der Waals surface area (Å²) in [6, 6.07) is 16.5. The number of H-pyrrole nitrogens is 1. The molecule has 3 N–H and O–H groups in total. The molecule has 144 valence electrons. The quantitative estimate of drug-likeness (QED) is 0.519. The molecule has 1 aromatic heterocycles. The number of nitrogens with two attached hydrogens (primary N) is 1. The third-order valence-electron chi connectivity index (χ3n) is 4.25. The second-order valence-electron chi connectivity index (χ2n) is 5.99. The molecule has 29 heavy (non-hydrogen) atoms. The maximum atomic E-state index is 12.2. The smallest absolute Gasteiger partial charge is 0.268 e. The van der Waals surface area contributed by atoms with Gasteiger partial charge in [-0.15, -0.1) is 0 Å². The van der Waals surface area contributed by atoms with E-state index in [4.69, 9.17) is 15.2 Å². The minimum absolute atomic E-state index is 0.0378. The zero-order valence-electron chi connectivity index (χ0n) is 15.3. The largest absolute Gasteiger partial charge is 0.496 e. The molecule has 0 saturated carbocycles. The molecule has 2 aromatic carbocycles. The summed E-state index contributed by atoms with van der Waals surface area (Å²) < 4.78 is 12.3. The minimum atomic E-state index is -0.647. The number of ether oxygens (including phenoxy) is 2. The van der Waals surface area contributed by atoms with Crippen molar-refractivity contribution in [1.82, 2.24) is 4.98 Å².